The Bertz CT molecular complexity index is 372. The number of nitrogens with one attached hydrogen (secondary N) is 2. The van der Waals surface area contributed by atoms with Gasteiger partial charge in [-0.1, -0.05) is 20.8 Å². The first-order valence-electron chi connectivity index (χ1n) is 6.34. The standard InChI is InChI=1S/C13H23N3O/c1-12(2,3)11-10(9-15-16-11)17-13(4)5-7-14-8-6-13/h9,14H,5-8H2,1-4H3,(H,15,16). The molecule has 1 aromatic rings. The van der Waals surface area contributed by atoms with Gasteiger partial charge in [-0.25, -0.2) is 0 Å². The monoisotopic (exact) mass is 237 g/mol. The quantitative estimate of drug-likeness (QED) is 0.829. The van der Waals surface area contributed by atoms with E-state index >= 15 is 0 Å². The first-order valence-corrected chi connectivity index (χ1v) is 6.34. The fourth-order valence-electron chi connectivity index (χ4n) is 2.21. The molecular weight excluding hydrogens is 214 g/mol. The molecule has 2 heterocycles. The van der Waals surface area contributed by atoms with Crippen molar-refractivity contribution in [2.45, 2.75) is 51.6 Å². The number of piperidine rings is 1. The third-order valence-corrected chi connectivity index (χ3v) is 3.37. The van der Waals surface area contributed by atoms with Crippen molar-refractivity contribution in [1.29, 1.82) is 0 Å². The van der Waals surface area contributed by atoms with Crippen molar-refractivity contribution in [3.8, 4) is 5.75 Å². The van der Waals surface area contributed by atoms with E-state index in [1.165, 1.54) is 0 Å². The Labute approximate surface area is 103 Å². The molecule has 96 valence electrons. The topological polar surface area (TPSA) is 49.9 Å². The highest BCUT2D eigenvalue weighted by molar-refractivity contribution is 5.30. The van der Waals surface area contributed by atoms with E-state index in [-0.39, 0.29) is 11.0 Å². The van der Waals surface area contributed by atoms with Crippen molar-refractivity contribution < 1.29 is 4.74 Å². The number of hydrogen-bond acceptors (Lipinski definition) is 3. The maximum atomic E-state index is 6.21. The Morgan fingerprint density at radius 1 is 1.29 bits per heavy atom. The molecule has 0 atom stereocenters. The van der Waals surface area contributed by atoms with Crippen molar-refractivity contribution in [1.82, 2.24) is 15.5 Å². The van der Waals surface area contributed by atoms with Gasteiger partial charge >= 0.3 is 0 Å². The molecule has 4 nitrogen and oxygen atoms in total. The molecule has 1 aromatic heterocycles. The average molecular weight is 237 g/mol. The predicted molar refractivity (Wildman–Crippen MR) is 68.4 cm³/mol. The number of rotatable bonds is 2. The van der Waals surface area contributed by atoms with Crippen LogP contribution in [0.2, 0.25) is 0 Å². The van der Waals surface area contributed by atoms with Crippen LogP contribution >= 0.6 is 0 Å². The third-order valence-electron chi connectivity index (χ3n) is 3.37. The Hall–Kier alpha value is -1.03. The molecule has 1 fully saturated rings. The van der Waals surface area contributed by atoms with Gasteiger partial charge in [-0.3, -0.25) is 5.10 Å². The molecule has 0 unspecified atom stereocenters. The maximum Gasteiger partial charge on any atom is 0.161 e. The van der Waals surface area contributed by atoms with Crippen LogP contribution in [0.5, 0.6) is 5.75 Å². The number of nitrogens with zero attached hydrogens (tertiary/aromatic N) is 1. The van der Waals surface area contributed by atoms with Crippen LogP contribution in [0.15, 0.2) is 6.20 Å². The van der Waals surface area contributed by atoms with Gasteiger partial charge in [0.25, 0.3) is 0 Å². The first kappa shape index (κ1) is 12.4. The highest BCUT2D eigenvalue weighted by Gasteiger charge is 2.31. The van der Waals surface area contributed by atoms with Gasteiger partial charge in [-0.15, -0.1) is 0 Å². The highest BCUT2D eigenvalue weighted by Crippen LogP contribution is 2.33. The fourth-order valence-corrected chi connectivity index (χ4v) is 2.21. The molecule has 1 aliphatic heterocycles. The number of aromatic amines is 1. The van der Waals surface area contributed by atoms with Gasteiger partial charge in [-0.2, -0.15) is 5.10 Å². The second kappa shape index (κ2) is 4.33. The number of aromatic nitrogens is 2. The SMILES string of the molecule is CC1(Oc2cn[nH]c2C(C)(C)C)CCNCC1. The maximum absolute atomic E-state index is 6.21. The Balaban J connectivity index is 2.16. The van der Waals surface area contributed by atoms with Gasteiger partial charge in [0.05, 0.1) is 11.9 Å². The van der Waals surface area contributed by atoms with E-state index in [9.17, 15) is 0 Å². The van der Waals surface area contributed by atoms with Crippen LogP contribution in [0.4, 0.5) is 0 Å². The van der Waals surface area contributed by atoms with Crippen LogP contribution in [0.25, 0.3) is 0 Å². The smallest absolute Gasteiger partial charge is 0.161 e. The van der Waals surface area contributed by atoms with Gasteiger partial charge in [0, 0.05) is 5.41 Å². The van der Waals surface area contributed by atoms with Crippen LogP contribution in [-0.2, 0) is 5.41 Å². The number of H-pyrrole nitrogens is 1. The largest absolute Gasteiger partial charge is 0.484 e. The van der Waals surface area contributed by atoms with Crippen LogP contribution in [0, 0.1) is 0 Å². The molecule has 1 aliphatic rings. The van der Waals surface area contributed by atoms with Gasteiger partial charge in [0.2, 0.25) is 0 Å². The second-order valence-electron chi connectivity index (χ2n) is 6.16. The molecular formula is C13H23N3O. The number of hydrogen-bond donors (Lipinski definition) is 2. The molecule has 0 spiro atoms. The van der Waals surface area contributed by atoms with Gasteiger partial charge in [0.15, 0.2) is 5.75 Å². The Morgan fingerprint density at radius 3 is 2.53 bits per heavy atom. The molecule has 0 amide bonds. The summed E-state index contributed by atoms with van der Waals surface area (Å²) in [6, 6.07) is 0. The predicted octanol–water partition coefficient (Wildman–Crippen LogP) is 2.23. The van der Waals surface area contributed by atoms with Crippen molar-refractivity contribution in [2.24, 2.45) is 0 Å². The third kappa shape index (κ3) is 2.80. The van der Waals surface area contributed by atoms with E-state index in [4.69, 9.17) is 4.74 Å². The lowest BCUT2D eigenvalue weighted by molar-refractivity contribution is 0.0537. The van der Waals surface area contributed by atoms with Crippen LogP contribution in [-0.4, -0.2) is 28.9 Å². The molecule has 4 heteroatoms. The molecule has 2 rings (SSSR count). The fraction of sp³-hybridized carbons (Fsp3) is 0.769. The summed E-state index contributed by atoms with van der Waals surface area (Å²) in [4.78, 5) is 0. The lowest BCUT2D eigenvalue weighted by Gasteiger charge is -2.35. The summed E-state index contributed by atoms with van der Waals surface area (Å²) in [5.74, 6) is 0.905. The van der Waals surface area contributed by atoms with E-state index in [0.717, 1.165) is 37.4 Å². The van der Waals surface area contributed by atoms with Gasteiger partial charge < -0.3 is 10.1 Å². The first-order chi connectivity index (χ1) is 7.91. The van der Waals surface area contributed by atoms with E-state index in [1.807, 2.05) is 0 Å². The lowest BCUT2D eigenvalue weighted by Crippen LogP contribution is -2.44. The zero-order valence-electron chi connectivity index (χ0n) is 11.3. The zero-order chi connectivity index (χ0) is 12.5. The number of ether oxygens (including phenoxy) is 1. The van der Waals surface area contributed by atoms with Crippen LogP contribution < -0.4 is 10.1 Å². The van der Waals surface area contributed by atoms with Crippen molar-refractivity contribution in [3.05, 3.63) is 11.9 Å². The van der Waals surface area contributed by atoms with E-state index in [0.29, 0.717) is 0 Å². The summed E-state index contributed by atoms with van der Waals surface area (Å²) >= 11 is 0. The van der Waals surface area contributed by atoms with Crippen molar-refractivity contribution in [3.63, 3.8) is 0 Å². The lowest BCUT2D eigenvalue weighted by atomic mass is 9.91. The zero-order valence-corrected chi connectivity index (χ0v) is 11.3. The average Bonchev–Trinajstić information content (AvgIpc) is 2.65. The van der Waals surface area contributed by atoms with Crippen molar-refractivity contribution in [2.75, 3.05) is 13.1 Å². The minimum Gasteiger partial charge on any atom is -0.484 e. The Kier molecular flexibility index (Phi) is 3.17. The molecule has 1 saturated heterocycles. The highest BCUT2D eigenvalue weighted by atomic mass is 16.5. The van der Waals surface area contributed by atoms with E-state index < -0.39 is 0 Å². The normalized spacial score (nSPS) is 20.2. The van der Waals surface area contributed by atoms with Crippen LogP contribution in [0.3, 0.4) is 0 Å². The summed E-state index contributed by atoms with van der Waals surface area (Å²) in [5.41, 5.74) is 1.06. The molecule has 0 bridgehead atoms. The molecule has 2 N–H and O–H groups in total. The summed E-state index contributed by atoms with van der Waals surface area (Å²) < 4.78 is 6.21. The minimum atomic E-state index is -0.0604. The van der Waals surface area contributed by atoms with Gasteiger partial charge in [0.1, 0.15) is 5.60 Å². The summed E-state index contributed by atoms with van der Waals surface area (Å²) in [7, 11) is 0. The van der Waals surface area contributed by atoms with Crippen molar-refractivity contribution >= 4 is 0 Å². The van der Waals surface area contributed by atoms with E-state index in [1.54, 1.807) is 6.20 Å². The van der Waals surface area contributed by atoms with Crippen LogP contribution in [0.1, 0.15) is 46.2 Å². The molecule has 0 radical (unpaired) electrons. The Morgan fingerprint density at radius 2 is 1.94 bits per heavy atom. The minimum absolute atomic E-state index is 0.0368. The van der Waals surface area contributed by atoms with Gasteiger partial charge in [-0.05, 0) is 32.9 Å². The summed E-state index contributed by atoms with van der Waals surface area (Å²) in [6.07, 6.45) is 3.89. The molecule has 17 heavy (non-hydrogen) atoms. The molecule has 0 aliphatic carbocycles. The molecule has 0 saturated carbocycles. The van der Waals surface area contributed by atoms with E-state index in [2.05, 4.69) is 43.2 Å². The second-order valence-corrected chi connectivity index (χ2v) is 6.16. The molecule has 0 aromatic carbocycles. The summed E-state index contributed by atoms with van der Waals surface area (Å²) in [5, 5.41) is 10.5. The summed E-state index contributed by atoms with van der Waals surface area (Å²) in [6.45, 7) is 10.7.